The highest BCUT2D eigenvalue weighted by atomic mass is 16.5. The molecule has 0 aliphatic rings. The van der Waals surface area contributed by atoms with Crippen LogP contribution in [0.2, 0.25) is 0 Å². The lowest BCUT2D eigenvalue weighted by Gasteiger charge is -2.15. The maximum absolute atomic E-state index is 5.30. The van der Waals surface area contributed by atoms with E-state index in [1.54, 1.807) is 7.11 Å². The Kier molecular flexibility index (Phi) is 6.26. The highest BCUT2D eigenvalue weighted by molar-refractivity contribution is 5.64. The number of ether oxygens (including phenoxy) is 1. The van der Waals surface area contributed by atoms with Gasteiger partial charge in [-0.2, -0.15) is 4.98 Å². The summed E-state index contributed by atoms with van der Waals surface area (Å²) in [7, 11) is 1.68. The fourth-order valence-electron chi connectivity index (χ4n) is 2.66. The first-order valence-electron chi connectivity index (χ1n) is 9.25. The molecular weight excluding hydrogens is 336 g/mol. The Bertz CT molecular complexity index is 867. The van der Waals surface area contributed by atoms with Gasteiger partial charge in [0.1, 0.15) is 11.6 Å². The fraction of sp³-hybridized carbons (Fsp3) is 0.273. The zero-order chi connectivity index (χ0) is 19.1. The van der Waals surface area contributed by atoms with Crippen LogP contribution < -0.4 is 15.4 Å². The molecule has 0 saturated heterocycles. The van der Waals surface area contributed by atoms with Gasteiger partial charge < -0.3 is 15.4 Å². The van der Waals surface area contributed by atoms with E-state index in [-0.39, 0.29) is 0 Å². The van der Waals surface area contributed by atoms with Crippen LogP contribution in [0.25, 0.3) is 11.3 Å². The van der Waals surface area contributed by atoms with Crippen LogP contribution in [0.5, 0.6) is 5.75 Å². The zero-order valence-electron chi connectivity index (χ0n) is 16.1. The van der Waals surface area contributed by atoms with Gasteiger partial charge in [0.2, 0.25) is 5.95 Å². The van der Waals surface area contributed by atoms with Gasteiger partial charge >= 0.3 is 0 Å². The van der Waals surface area contributed by atoms with Crippen LogP contribution in [0.4, 0.5) is 11.8 Å². The maximum atomic E-state index is 5.30. The lowest BCUT2D eigenvalue weighted by Crippen LogP contribution is -2.16. The number of methoxy groups -OCH3 is 1. The normalized spacial score (nSPS) is 11.7. The first-order valence-corrected chi connectivity index (χ1v) is 9.25. The van der Waals surface area contributed by atoms with Crippen LogP contribution in [-0.4, -0.2) is 23.1 Å². The molecule has 0 fully saturated rings. The summed E-state index contributed by atoms with van der Waals surface area (Å²) >= 11 is 0. The Morgan fingerprint density at radius 1 is 1.00 bits per heavy atom. The van der Waals surface area contributed by atoms with Gasteiger partial charge in [0, 0.05) is 24.2 Å². The van der Waals surface area contributed by atoms with E-state index in [0.29, 0.717) is 18.5 Å². The third-order valence-corrected chi connectivity index (χ3v) is 4.39. The number of aromatic nitrogens is 2. The molecule has 0 saturated carbocycles. The molecule has 27 heavy (non-hydrogen) atoms. The molecule has 0 amide bonds. The number of hydrogen-bond acceptors (Lipinski definition) is 5. The Hall–Kier alpha value is -3.08. The largest absolute Gasteiger partial charge is 0.497 e. The molecule has 5 nitrogen and oxygen atoms in total. The molecule has 5 heteroatoms. The number of benzene rings is 2. The van der Waals surface area contributed by atoms with E-state index >= 15 is 0 Å². The van der Waals surface area contributed by atoms with Crippen molar-refractivity contribution >= 4 is 11.8 Å². The average Bonchev–Trinajstić information content (AvgIpc) is 2.72. The van der Waals surface area contributed by atoms with Crippen molar-refractivity contribution in [3.63, 3.8) is 0 Å². The van der Waals surface area contributed by atoms with Crippen LogP contribution >= 0.6 is 0 Å². The van der Waals surface area contributed by atoms with E-state index in [9.17, 15) is 0 Å². The van der Waals surface area contributed by atoms with E-state index in [1.165, 1.54) is 0 Å². The second-order valence-electron chi connectivity index (χ2n) is 6.49. The van der Waals surface area contributed by atoms with Crippen molar-refractivity contribution in [2.24, 2.45) is 0 Å². The summed E-state index contributed by atoms with van der Waals surface area (Å²) in [6.07, 6.45) is 1.01. The molecule has 1 aromatic heterocycles. The van der Waals surface area contributed by atoms with E-state index in [0.717, 1.165) is 34.8 Å². The van der Waals surface area contributed by atoms with Crippen LogP contribution in [0.15, 0.2) is 60.7 Å². The second-order valence-corrected chi connectivity index (χ2v) is 6.49. The van der Waals surface area contributed by atoms with E-state index in [1.807, 2.05) is 42.5 Å². The summed E-state index contributed by atoms with van der Waals surface area (Å²) in [6.45, 7) is 4.92. The van der Waals surface area contributed by atoms with Gasteiger partial charge in [-0.15, -0.1) is 0 Å². The standard InChI is InChI=1S/C22H26N4O/c1-4-16(2)24-22-25-20(18-10-6-5-7-11-18)14-21(26-22)23-15-17-9-8-12-19(13-17)27-3/h5-14,16H,4,15H2,1-3H3,(H2,23,24,25,26)/t16-/m1/s1. The Balaban J connectivity index is 1.85. The van der Waals surface area contributed by atoms with Gasteiger partial charge in [-0.1, -0.05) is 49.4 Å². The average molecular weight is 362 g/mol. The van der Waals surface area contributed by atoms with Crippen LogP contribution in [0, 0.1) is 0 Å². The highest BCUT2D eigenvalue weighted by Gasteiger charge is 2.09. The van der Waals surface area contributed by atoms with Crippen molar-refractivity contribution in [3.05, 3.63) is 66.2 Å². The van der Waals surface area contributed by atoms with Crippen LogP contribution in [0.1, 0.15) is 25.8 Å². The fourth-order valence-corrected chi connectivity index (χ4v) is 2.66. The van der Waals surface area contributed by atoms with E-state index in [4.69, 9.17) is 9.72 Å². The summed E-state index contributed by atoms with van der Waals surface area (Å²) in [5, 5.41) is 6.78. The number of nitrogens with zero attached hydrogens (tertiary/aromatic N) is 2. The molecule has 2 N–H and O–H groups in total. The van der Waals surface area contributed by atoms with Gasteiger partial charge in [-0.05, 0) is 31.0 Å². The van der Waals surface area contributed by atoms with Gasteiger partial charge in [-0.3, -0.25) is 0 Å². The van der Waals surface area contributed by atoms with Crippen molar-refractivity contribution < 1.29 is 4.74 Å². The van der Waals surface area contributed by atoms with E-state index < -0.39 is 0 Å². The van der Waals surface area contributed by atoms with Gasteiger partial charge in [-0.25, -0.2) is 4.98 Å². The first-order chi connectivity index (χ1) is 13.2. The summed E-state index contributed by atoms with van der Waals surface area (Å²) in [5.41, 5.74) is 3.09. The summed E-state index contributed by atoms with van der Waals surface area (Å²) in [5.74, 6) is 2.28. The summed E-state index contributed by atoms with van der Waals surface area (Å²) in [4.78, 5) is 9.33. The minimum absolute atomic E-state index is 0.308. The van der Waals surface area contributed by atoms with Gasteiger partial charge in [0.25, 0.3) is 0 Å². The molecular formula is C22H26N4O. The second kappa shape index (κ2) is 9.03. The molecule has 140 valence electrons. The smallest absolute Gasteiger partial charge is 0.225 e. The monoisotopic (exact) mass is 362 g/mol. The number of nitrogens with one attached hydrogen (secondary N) is 2. The molecule has 1 atom stereocenters. The lowest BCUT2D eigenvalue weighted by atomic mass is 10.1. The van der Waals surface area contributed by atoms with Crippen LogP contribution in [0.3, 0.4) is 0 Å². The molecule has 0 aliphatic carbocycles. The SMILES string of the molecule is CC[C@@H](C)Nc1nc(NCc2cccc(OC)c2)cc(-c2ccccc2)n1. The molecule has 1 heterocycles. The topological polar surface area (TPSA) is 59.1 Å². The molecule has 0 spiro atoms. The van der Waals surface area contributed by atoms with E-state index in [2.05, 4.69) is 47.7 Å². The Morgan fingerprint density at radius 3 is 2.56 bits per heavy atom. The van der Waals surface area contributed by atoms with Crippen molar-refractivity contribution in [1.82, 2.24) is 9.97 Å². The first kappa shape index (κ1) is 18.7. The number of rotatable bonds is 8. The number of hydrogen-bond donors (Lipinski definition) is 2. The van der Waals surface area contributed by atoms with Gasteiger partial charge in [0.05, 0.1) is 12.8 Å². The Labute approximate surface area is 160 Å². The van der Waals surface area contributed by atoms with Crippen molar-refractivity contribution in [3.8, 4) is 17.0 Å². The van der Waals surface area contributed by atoms with Gasteiger partial charge in [0.15, 0.2) is 0 Å². The Morgan fingerprint density at radius 2 is 1.81 bits per heavy atom. The maximum Gasteiger partial charge on any atom is 0.225 e. The predicted octanol–water partition coefficient (Wildman–Crippen LogP) is 4.97. The third-order valence-electron chi connectivity index (χ3n) is 4.39. The van der Waals surface area contributed by atoms with Crippen molar-refractivity contribution in [2.45, 2.75) is 32.9 Å². The third kappa shape index (κ3) is 5.20. The highest BCUT2D eigenvalue weighted by Crippen LogP contribution is 2.22. The predicted molar refractivity (Wildman–Crippen MR) is 111 cm³/mol. The summed E-state index contributed by atoms with van der Waals surface area (Å²) < 4.78 is 5.30. The molecule has 0 radical (unpaired) electrons. The molecule has 3 aromatic rings. The van der Waals surface area contributed by atoms with Crippen molar-refractivity contribution in [2.75, 3.05) is 17.7 Å². The molecule has 3 rings (SSSR count). The molecule has 2 aromatic carbocycles. The minimum atomic E-state index is 0.308. The molecule has 0 unspecified atom stereocenters. The van der Waals surface area contributed by atoms with Crippen molar-refractivity contribution in [1.29, 1.82) is 0 Å². The molecule has 0 bridgehead atoms. The van der Waals surface area contributed by atoms with Crippen LogP contribution in [-0.2, 0) is 6.54 Å². The summed E-state index contributed by atoms with van der Waals surface area (Å²) in [6, 6.07) is 20.5. The zero-order valence-corrected chi connectivity index (χ0v) is 16.1. The number of anilines is 2. The lowest BCUT2D eigenvalue weighted by molar-refractivity contribution is 0.414. The molecule has 0 aliphatic heterocycles. The quantitative estimate of drug-likeness (QED) is 0.592. The minimum Gasteiger partial charge on any atom is -0.497 e.